The molecule has 0 aromatic heterocycles. The van der Waals surface area contributed by atoms with E-state index in [0.717, 1.165) is 17.7 Å². The van der Waals surface area contributed by atoms with E-state index in [9.17, 15) is 14.7 Å². The first-order chi connectivity index (χ1) is 13.7. The van der Waals surface area contributed by atoms with Gasteiger partial charge in [-0.25, -0.2) is 4.79 Å². The summed E-state index contributed by atoms with van der Waals surface area (Å²) in [5.74, 6) is -0.351. The Kier molecular flexibility index (Phi) is 7.20. The number of benzene rings is 1. The zero-order valence-electron chi connectivity index (χ0n) is 18.0. The molecule has 1 N–H and O–H groups in total. The van der Waals surface area contributed by atoms with E-state index in [4.69, 9.17) is 9.47 Å². The number of ether oxygens (including phenoxy) is 2. The van der Waals surface area contributed by atoms with E-state index >= 15 is 0 Å². The molecule has 156 valence electrons. The van der Waals surface area contributed by atoms with Gasteiger partial charge in [0.15, 0.2) is 5.78 Å². The molecule has 1 aromatic carbocycles. The summed E-state index contributed by atoms with van der Waals surface area (Å²) in [5, 5.41) is 9.59. The molecule has 0 saturated heterocycles. The van der Waals surface area contributed by atoms with Crippen molar-refractivity contribution in [1.82, 2.24) is 0 Å². The standard InChI is InChI=1S/C24H30O5/c1-7-14-29-19-10-8-18(9-11-19)20(25)12-13-24(5)17(4)15(2)21(23(26)27)16(3)22(24)28-6/h8-13,22H,7,14H2,1-6H3,(H,26,27). The van der Waals surface area contributed by atoms with Crippen LogP contribution in [0, 0.1) is 5.41 Å². The van der Waals surface area contributed by atoms with E-state index in [1.54, 1.807) is 51.3 Å². The van der Waals surface area contributed by atoms with Crippen LogP contribution < -0.4 is 4.74 Å². The Bertz CT molecular complexity index is 873. The molecule has 0 aliphatic heterocycles. The lowest BCUT2D eigenvalue weighted by Gasteiger charge is -2.41. The van der Waals surface area contributed by atoms with E-state index in [-0.39, 0.29) is 11.4 Å². The molecule has 0 heterocycles. The van der Waals surface area contributed by atoms with Gasteiger partial charge in [0, 0.05) is 18.1 Å². The average Bonchev–Trinajstić information content (AvgIpc) is 2.69. The van der Waals surface area contributed by atoms with Gasteiger partial charge in [0.2, 0.25) is 0 Å². The highest BCUT2D eigenvalue weighted by Gasteiger charge is 2.42. The maximum absolute atomic E-state index is 12.7. The lowest BCUT2D eigenvalue weighted by molar-refractivity contribution is -0.132. The lowest BCUT2D eigenvalue weighted by Crippen LogP contribution is -2.39. The molecule has 1 aliphatic carbocycles. The summed E-state index contributed by atoms with van der Waals surface area (Å²) >= 11 is 0. The van der Waals surface area contributed by atoms with Crippen molar-refractivity contribution in [2.75, 3.05) is 13.7 Å². The van der Waals surface area contributed by atoms with Crippen LogP contribution in [-0.4, -0.2) is 36.7 Å². The van der Waals surface area contributed by atoms with Gasteiger partial charge in [0.1, 0.15) is 5.75 Å². The predicted octanol–water partition coefficient (Wildman–Crippen LogP) is 4.99. The molecule has 0 amide bonds. The summed E-state index contributed by atoms with van der Waals surface area (Å²) in [4.78, 5) is 24.4. The Morgan fingerprint density at radius 2 is 1.79 bits per heavy atom. The molecule has 1 aliphatic rings. The number of carboxylic acids is 1. The highest BCUT2D eigenvalue weighted by atomic mass is 16.5. The molecule has 0 spiro atoms. The topological polar surface area (TPSA) is 72.8 Å². The molecule has 5 heteroatoms. The first-order valence-electron chi connectivity index (χ1n) is 9.79. The third kappa shape index (κ3) is 4.51. The number of methoxy groups -OCH3 is 1. The summed E-state index contributed by atoms with van der Waals surface area (Å²) in [5.41, 5.74) is 2.46. The van der Waals surface area contributed by atoms with Crippen molar-refractivity contribution in [3.8, 4) is 5.75 Å². The fourth-order valence-corrected chi connectivity index (χ4v) is 3.91. The molecule has 5 nitrogen and oxygen atoms in total. The smallest absolute Gasteiger partial charge is 0.335 e. The molecule has 1 aromatic rings. The first-order valence-corrected chi connectivity index (χ1v) is 9.79. The van der Waals surface area contributed by atoms with Crippen LogP contribution in [-0.2, 0) is 9.53 Å². The normalized spacial score (nSPS) is 22.3. The van der Waals surface area contributed by atoms with Gasteiger partial charge >= 0.3 is 5.97 Å². The van der Waals surface area contributed by atoms with E-state index in [1.165, 1.54) is 0 Å². The SMILES string of the molecule is CCCOc1ccc(C(=O)C=CC2(C)C(C)=C(C)C(C(=O)O)=C(C)C2OC)cc1. The molecular weight excluding hydrogens is 368 g/mol. The van der Waals surface area contributed by atoms with E-state index in [1.807, 2.05) is 26.8 Å². The Morgan fingerprint density at radius 1 is 1.17 bits per heavy atom. The van der Waals surface area contributed by atoms with Crippen molar-refractivity contribution in [2.45, 2.75) is 47.1 Å². The van der Waals surface area contributed by atoms with Gasteiger partial charge < -0.3 is 14.6 Å². The lowest BCUT2D eigenvalue weighted by atomic mass is 9.67. The number of allylic oxidation sites excluding steroid dienone is 1. The predicted molar refractivity (Wildman–Crippen MR) is 113 cm³/mol. The van der Waals surface area contributed by atoms with Crippen molar-refractivity contribution in [3.05, 3.63) is 64.3 Å². The summed E-state index contributed by atoms with van der Waals surface area (Å²) in [6.07, 6.45) is 3.83. The maximum atomic E-state index is 12.7. The minimum absolute atomic E-state index is 0.126. The average molecular weight is 398 g/mol. The Hall–Kier alpha value is -2.66. The largest absolute Gasteiger partial charge is 0.494 e. The minimum Gasteiger partial charge on any atom is -0.494 e. The van der Waals surface area contributed by atoms with Gasteiger partial charge in [-0.3, -0.25) is 4.79 Å². The highest BCUT2D eigenvalue weighted by molar-refractivity contribution is 6.04. The first kappa shape index (κ1) is 22.6. The van der Waals surface area contributed by atoms with E-state index in [2.05, 4.69) is 0 Å². The second kappa shape index (κ2) is 9.23. The molecule has 0 saturated carbocycles. The molecule has 2 atom stereocenters. The van der Waals surface area contributed by atoms with E-state index < -0.39 is 17.5 Å². The van der Waals surface area contributed by atoms with Crippen LogP contribution in [0.1, 0.15) is 51.4 Å². The van der Waals surface area contributed by atoms with Crippen LogP contribution in [0.2, 0.25) is 0 Å². The monoisotopic (exact) mass is 398 g/mol. The van der Waals surface area contributed by atoms with Gasteiger partial charge in [-0.1, -0.05) is 18.6 Å². The van der Waals surface area contributed by atoms with Crippen molar-refractivity contribution in [3.63, 3.8) is 0 Å². The van der Waals surface area contributed by atoms with Crippen LogP contribution in [0.25, 0.3) is 0 Å². The van der Waals surface area contributed by atoms with Gasteiger partial charge in [-0.05, 0) is 75.6 Å². The summed E-state index contributed by atoms with van der Waals surface area (Å²) in [6.45, 7) is 10.1. The Morgan fingerprint density at radius 3 is 2.31 bits per heavy atom. The third-order valence-corrected chi connectivity index (χ3v) is 5.72. The highest BCUT2D eigenvalue weighted by Crippen LogP contribution is 2.45. The molecule has 0 fully saturated rings. The number of hydrogen-bond donors (Lipinski definition) is 1. The van der Waals surface area contributed by atoms with Gasteiger partial charge in [-0.2, -0.15) is 0 Å². The van der Waals surface area contributed by atoms with Crippen LogP contribution in [0.4, 0.5) is 0 Å². The molecular formula is C24H30O5. The minimum atomic E-state index is -0.964. The Labute approximate surface area is 172 Å². The van der Waals surface area contributed by atoms with Crippen LogP contribution >= 0.6 is 0 Å². The molecule has 29 heavy (non-hydrogen) atoms. The molecule has 2 unspecified atom stereocenters. The van der Waals surface area contributed by atoms with Crippen molar-refractivity contribution < 1.29 is 24.2 Å². The van der Waals surface area contributed by atoms with Crippen LogP contribution in [0.3, 0.4) is 0 Å². The zero-order valence-corrected chi connectivity index (χ0v) is 18.0. The van der Waals surface area contributed by atoms with Gasteiger partial charge in [0.05, 0.1) is 18.3 Å². The van der Waals surface area contributed by atoms with Crippen LogP contribution in [0.15, 0.2) is 58.7 Å². The third-order valence-electron chi connectivity index (χ3n) is 5.72. The quantitative estimate of drug-likeness (QED) is 0.493. The number of ketones is 1. The number of hydrogen-bond acceptors (Lipinski definition) is 4. The number of rotatable bonds is 8. The number of carboxylic acid groups (broad SMARTS) is 1. The number of carbonyl (C=O) groups is 2. The number of aliphatic carboxylic acids is 1. The summed E-state index contributed by atoms with van der Waals surface area (Å²) < 4.78 is 11.2. The fourth-order valence-electron chi connectivity index (χ4n) is 3.91. The molecule has 0 bridgehead atoms. The Balaban J connectivity index is 2.32. The maximum Gasteiger partial charge on any atom is 0.335 e. The van der Waals surface area contributed by atoms with Gasteiger partial charge in [-0.15, -0.1) is 0 Å². The van der Waals surface area contributed by atoms with Gasteiger partial charge in [0.25, 0.3) is 0 Å². The zero-order chi connectivity index (χ0) is 21.8. The van der Waals surface area contributed by atoms with Crippen molar-refractivity contribution in [1.29, 1.82) is 0 Å². The van der Waals surface area contributed by atoms with E-state index in [0.29, 0.717) is 23.3 Å². The molecule has 2 rings (SSSR count). The van der Waals surface area contributed by atoms with Crippen molar-refractivity contribution >= 4 is 11.8 Å². The summed E-state index contributed by atoms with van der Waals surface area (Å²) in [7, 11) is 1.56. The van der Waals surface area contributed by atoms with Crippen LogP contribution in [0.5, 0.6) is 5.75 Å². The fraction of sp³-hybridized carbons (Fsp3) is 0.417. The molecule has 0 radical (unpaired) electrons. The summed E-state index contributed by atoms with van der Waals surface area (Å²) in [6, 6.07) is 7.07. The second-order valence-electron chi connectivity index (χ2n) is 7.58. The van der Waals surface area contributed by atoms with Crippen molar-refractivity contribution in [2.24, 2.45) is 5.41 Å². The number of carbonyl (C=O) groups excluding carboxylic acids is 1. The second-order valence-corrected chi connectivity index (χ2v) is 7.58.